The molecule has 0 aliphatic carbocycles. The van der Waals surface area contributed by atoms with E-state index in [2.05, 4.69) is 4.74 Å². The van der Waals surface area contributed by atoms with Gasteiger partial charge in [0.25, 0.3) is 10.0 Å². The molecule has 0 saturated carbocycles. The topological polar surface area (TPSA) is 72.5 Å². The first kappa shape index (κ1) is 20.9. The van der Waals surface area contributed by atoms with Crippen LogP contribution < -0.4 is 4.72 Å². The number of alkyl halides is 3. The first-order valence-corrected chi connectivity index (χ1v) is 8.70. The molecule has 146 valence electrons. The summed E-state index contributed by atoms with van der Waals surface area (Å²) in [5, 5.41) is -0.564. The van der Waals surface area contributed by atoms with Crippen molar-refractivity contribution in [2.45, 2.75) is 11.1 Å². The number of rotatable bonds is 4. The van der Waals surface area contributed by atoms with Crippen LogP contribution in [0.15, 0.2) is 35.2 Å². The minimum atomic E-state index is -4.85. The number of hydrogen-bond donors (Lipinski definition) is 1. The molecule has 0 bridgehead atoms. The van der Waals surface area contributed by atoms with Gasteiger partial charge in [0.15, 0.2) is 0 Å². The van der Waals surface area contributed by atoms with Gasteiger partial charge in [-0.3, -0.25) is 4.72 Å². The fourth-order valence-corrected chi connectivity index (χ4v) is 3.56. The molecule has 0 spiro atoms. The normalized spacial score (nSPS) is 12.0. The van der Waals surface area contributed by atoms with E-state index >= 15 is 0 Å². The fraction of sp³-hybridized carbons (Fsp3) is 0.133. The molecule has 2 rings (SSSR count). The molecule has 12 heteroatoms. The fourth-order valence-electron chi connectivity index (χ4n) is 1.98. The molecular formula is C15H9ClF5NO4S. The van der Waals surface area contributed by atoms with E-state index in [9.17, 15) is 35.2 Å². The second kappa shape index (κ2) is 7.31. The Morgan fingerprint density at radius 2 is 1.74 bits per heavy atom. The second-order valence-electron chi connectivity index (χ2n) is 5.05. The number of anilines is 1. The van der Waals surface area contributed by atoms with Gasteiger partial charge in [-0.05, 0) is 24.3 Å². The van der Waals surface area contributed by atoms with E-state index in [1.807, 2.05) is 0 Å². The number of carbonyl (C=O) groups excluding carboxylic acids is 1. The minimum Gasteiger partial charge on any atom is -0.465 e. The van der Waals surface area contributed by atoms with E-state index in [1.165, 1.54) is 0 Å². The number of sulfonamides is 1. The Morgan fingerprint density at radius 3 is 2.30 bits per heavy atom. The maximum Gasteiger partial charge on any atom is 0.416 e. The average Bonchev–Trinajstić information content (AvgIpc) is 2.55. The van der Waals surface area contributed by atoms with Gasteiger partial charge in [-0.15, -0.1) is 0 Å². The van der Waals surface area contributed by atoms with E-state index < -0.39 is 60.5 Å². The Kier molecular flexibility index (Phi) is 5.66. The lowest BCUT2D eigenvalue weighted by atomic mass is 10.2. The first-order chi connectivity index (χ1) is 12.4. The molecule has 5 nitrogen and oxygen atoms in total. The molecule has 0 amide bonds. The summed E-state index contributed by atoms with van der Waals surface area (Å²) in [6.45, 7) is 0. The van der Waals surface area contributed by atoms with E-state index in [1.54, 1.807) is 4.72 Å². The molecule has 0 radical (unpaired) electrons. The smallest absolute Gasteiger partial charge is 0.416 e. The lowest BCUT2D eigenvalue weighted by Crippen LogP contribution is -2.17. The summed E-state index contributed by atoms with van der Waals surface area (Å²) in [4.78, 5) is 10.5. The van der Waals surface area contributed by atoms with Crippen LogP contribution in [0.3, 0.4) is 0 Å². The Balaban J connectivity index is 2.53. The quantitative estimate of drug-likeness (QED) is 0.583. The highest BCUT2D eigenvalue weighted by Gasteiger charge is 2.33. The van der Waals surface area contributed by atoms with Crippen LogP contribution in [0.4, 0.5) is 27.6 Å². The van der Waals surface area contributed by atoms with Crippen LogP contribution in [0.1, 0.15) is 15.9 Å². The Labute approximate surface area is 154 Å². The zero-order valence-electron chi connectivity index (χ0n) is 13.2. The van der Waals surface area contributed by atoms with Crippen molar-refractivity contribution in [3.63, 3.8) is 0 Å². The average molecular weight is 430 g/mol. The van der Waals surface area contributed by atoms with E-state index in [-0.39, 0.29) is 12.1 Å². The van der Waals surface area contributed by atoms with Crippen molar-refractivity contribution in [2.24, 2.45) is 0 Å². The summed E-state index contributed by atoms with van der Waals surface area (Å²) in [6.07, 6.45) is -4.85. The van der Waals surface area contributed by atoms with Crippen molar-refractivity contribution in [2.75, 3.05) is 11.8 Å². The summed E-state index contributed by atoms with van der Waals surface area (Å²) in [5.74, 6) is -3.95. The van der Waals surface area contributed by atoms with Crippen molar-refractivity contribution in [3.05, 3.63) is 58.1 Å². The van der Waals surface area contributed by atoms with Gasteiger partial charge in [-0.25, -0.2) is 22.0 Å². The molecule has 0 unspecified atom stereocenters. The van der Waals surface area contributed by atoms with Crippen molar-refractivity contribution >= 4 is 33.3 Å². The van der Waals surface area contributed by atoms with Gasteiger partial charge < -0.3 is 4.74 Å². The monoisotopic (exact) mass is 429 g/mol. The number of esters is 1. The van der Waals surface area contributed by atoms with Crippen molar-refractivity contribution in [3.8, 4) is 0 Å². The second-order valence-corrected chi connectivity index (χ2v) is 7.11. The van der Waals surface area contributed by atoms with Crippen LogP contribution in [-0.2, 0) is 20.9 Å². The summed E-state index contributed by atoms with van der Waals surface area (Å²) in [5.41, 5.74) is -2.97. The molecule has 0 aromatic heterocycles. The van der Waals surface area contributed by atoms with Gasteiger partial charge in [-0.1, -0.05) is 11.6 Å². The Bertz CT molecular complexity index is 1010. The summed E-state index contributed by atoms with van der Waals surface area (Å²) >= 11 is 5.65. The highest BCUT2D eigenvalue weighted by Crippen LogP contribution is 2.34. The molecular weight excluding hydrogens is 421 g/mol. The van der Waals surface area contributed by atoms with Crippen LogP contribution in [0.5, 0.6) is 0 Å². The number of benzene rings is 2. The Hall–Kier alpha value is -2.40. The number of hydrogen-bond acceptors (Lipinski definition) is 4. The molecule has 0 aliphatic rings. The van der Waals surface area contributed by atoms with Crippen LogP contribution in [0, 0.1) is 11.6 Å². The van der Waals surface area contributed by atoms with Crippen LogP contribution in [-0.4, -0.2) is 21.5 Å². The third-order valence-electron chi connectivity index (χ3n) is 3.25. The van der Waals surface area contributed by atoms with Gasteiger partial charge in [0, 0.05) is 6.07 Å². The van der Waals surface area contributed by atoms with Gasteiger partial charge >= 0.3 is 12.1 Å². The minimum absolute atomic E-state index is 0.220. The summed E-state index contributed by atoms with van der Waals surface area (Å²) in [7, 11) is -3.89. The highest BCUT2D eigenvalue weighted by atomic mass is 35.5. The molecule has 2 aromatic carbocycles. The molecule has 2 aromatic rings. The predicted molar refractivity (Wildman–Crippen MR) is 85.0 cm³/mol. The van der Waals surface area contributed by atoms with Crippen molar-refractivity contribution in [1.29, 1.82) is 0 Å². The van der Waals surface area contributed by atoms with Crippen molar-refractivity contribution < 1.29 is 39.9 Å². The molecule has 1 N–H and O–H groups in total. The van der Waals surface area contributed by atoms with Crippen LogP contribution in [0.2, 0.25) is 5.02 Å². The summed E-state index contributed by atoms with van der Waals surface area (Å²) in [6, 6.07) is 2.26. The number of nitrogens with one attached hydrogen (secondary N) is 1. The summed E-state index contributed by atoms with van der Waals surface area (Å²) < 4.78 is 96.5. The maximum absolute atomic E-state index is 13.9. The van der Waals surface area contributed by atoms with E-state index in [0.29, 0.717) is 18.2 Å². The number of methoxy groups -OCH3 is 1. The number of ether oxygens (including phenoxy) is 1. The molecule has 0 fully saturated rings. The van der Waals surface area contributed by atoms with Gasteiger partial charge in [0.2, 0.25) is 0 Å². The highest BCUT2D eigenvalue weighted by molar-refractivity contribution is 7.92. The number of carbonyl (C=O) groups is 1. The first-order valence-electron chi connectivity index (χ1n) is 6.83. The Morgan fingerprint density at radius 1 is 1.11 bits per heavy atom. The predicted octanol–water partition coefficient (Wildman–Crippen LogP) is 4.22. The molecule has 0 saturated heterocycles. The molecule has 27 heavy (non-hydrogen) atoms. The zero-order valence-corrected chi connectivity index (χ0v) is 14.8. The largest absolute Gasteiger partial charge is 0.465 e. The molecule has 0 heterocycles. The zero-order chi connectivity index (χ0) is 20.6. The van der Waals surface area contributed by atoms with Crippen LogP contribution in [0.25, 0.3) is 0 Å². The third kappa shape index (κ3) is 4.48. The number of halogens is 6. The SMILES string of the molecule is COC(=O)c1cc(NS(=O)(=O)c2cc(C(F)(F)F)ccc2Cl)c(F)cc1F. The van der Waals surface area contributed by atoms with Crippen molar-refractivity contribution in [1.82, 2.24) is 0 Å². The van der Waals surface area contributed by atoms with Gasteiger partial charge in [-0.2, -0.15) is 13.2 Å². The maximum atomic E-state index is 13.9. The molecule has 0 aliphatic heterocycles. The standard InChI is InChI=1S/C15H9ClF5NO4S/c1-26-14(23)8-5-12(11(18)6-10(8)17)22-27(24,25)13-4-7(15(19,20)21)2-3-9(13)16/h2-6,22H,1H3. The van der Waals surface area contributed by atoms with Crippen LogP contribution >= 0.6 is 11.6 Å². The molecule has 0 atom stereocenters. The van der Waals surface area contributed by atoms with E-state index in [0.717, 1.165) is 7.11 Å². The lowest BCUT2D eigenvalue weighted by molar-refractivity contribution is -0.137. The van der Waals surface area contributed by atoms with Gasteiger partial charge in [0.05, 0.1) is 28.9 Å². The van der Waals surface area contributed by atoms with E-state index in [4.69, 9.17) is 11.6 Å². The third-order valence-corrected chi connectivity index (χ3v) is 5.10. The lowest BCUT2D eigenvalue weighted by Gasteiger charge is -2.14. The van der Waals surface area contributed by atoms with Gasteiger partial charge in [0.1, 0.15) is 16.5 Å².